The van der Waals surface area contributed by atoms with Crippen LogP contribution in [0.25, 0.3) is 0 Å². The number of ether oxygens (including phenoxy) is 1. The minimum atomic E-state index is -0.287. The molecule has 2 aliphatic heterocycles. The standard InChI is InChI=1S/C16H22N6O3/c1-20-14-4-3-12(11-13(14)18-19-21(2)16(20)24)15(23)17-5-6-22-7-9-25-10-8-22/h3-4,11H,5-10H2,1-2H3,(H,17,23). The Hall–Kier alpha value is -2.52. The molecule has 0 unspecified atom stereocenters. The lowest BCUT2D eigenvalue weighted by molar-refractivity contribution is 0.0383. The number of nitrogens with zero attached hydrogens (tertiary/aromatic N) is 5. The fourth-order valence-corrected chi connectivity index (χ4v) is 2.76. The molecule has 3 rings (SSSR count). The zero-order valence-electron chi connectivity index (χ0n) is 14.4. The van der Waals surface area contributed by atoms with Gasteiger partial charge in [-0.05, 0) is 18.2 Å². The van der Waals surface area contributed by atoms with Gasteiger partial charge in [-0.1, -0.05) is 5.22 Å². The van der Waals surface area contributed by atoms with Crippen LogP contribution in [0.5, 0.6) is 0 Å². The van der Waals surface area contributed by atoms with E-state index in [4.69, 9.17) is 4.74 Å². The highest BCUT2D eigenvalue weighted by atomic mass is 16.5. The quantitative estimate of drug-likeness (QED) is 0.888. The smallest absolute Gasteiger partial charge is 0.345 e. The molecule has 134 valence electrons. The number of urea groups is 1. The SMILES string of the molecule is CN1N=Nc2cc(C(=O)NCCN3CCOCC3)ccc2N(C)C1=O. The van der Waals surface area contributed by atoms with Crippen LogP contribution in [0.1, 0.15) is 10.4 Å². The third kappa shape index (κ3) is 3.94. The van der Waals surface area contributed by atoms with E-state index in [0.29, 0.717) is 23.5 Å². The van der Waals surface area contributed by atoms with Gasteiger partial charge in [0.1, 0.15) is 5.69 Å². The van der Waals surface area contributed by atoms with Crippen LogP contribution < -0.4 is 10.2 Å². The van der Waals surface area contributed by atoms with E-state index in [1.165, 1.54) is 11.9 Å². The van der Waals surface area contributed by atoms with Crippen molar-refractivity contribution in [2.24, 2.45) is 10.3 Å². The maximum Gasteiger partial charge on any atom is 0.345 e. The minimum absolute atomic E-state index is 0.169. The van der Waals surface area contributed by atoms with Crippen molar-refractivity contribution in [1.82, 2.24) is 15.2 Å². The van der Waals surface area contributed by atoms with E-state index in [1.807, 2.05) is 0 Å². The molecule has 0 spiro atoms. The average Bonchev–Trinajstić information content (AvgIpc) is 2.74. The normalized spacial score (nSPS) is 18.1. The summed E-state index contributed by atoms with van der Waals surface area (Å²) in [6, 6.07) is 4.76. The number of fused-ring (bicyclic) bond motifs is 1. The Labute approximate surface area is 146 Å². The molecule has 2 heterocycles. The molecule has 1 aromatic carbocycles. The molecular weight excluding hydrogens is 324 g/mol. The fraction of sp³-hybridized carbons (Fsp3) is 0.500. The van der Waals surface area contributed by atoms with Crippen LogP contribution in [0.4, 0.5) is 16.2 Å². The summed E-state index contributed by atoms with van der Waals surface area (Å²) >= 11 is 0. The molecule has 3 amide bonds. The highest BCUT2D eigenvalue weighted by molar-refractivity contribution is 5.99. The molecule has 9 nitrogen and oxygen atoms in total. The Bertz CT molecular complexity index is 686. The van der Waals surface area contributed by atoms with Crippen molar-refractivity contribution in [1.29, 1.82) is 0 Å². The van der Waals surface area contributed by atoms with Crippen molar-refractivity contribution in [3.63, 3.8) is 0 Å². The first-order valence-electron chi connectivity index (χ1n) is 8.21. The maximum atomic E-state index is 12.4. The number of amides is 3. The Morgan fingerprint density at radius 1 is 1.28 bits per heavy atom. The average molecular weight is 346 g/mol. The van der Waals surface area contributed by atoms with Gasteiger partial charge in [0.15, 0.2) is 0 Å². The molecule has 0 radical (unpaired) electrons. The molecular formula is C16H22N6O3. The lowest BCUT2D eigenvalue weighted by Crippen LogP contribution is -2.41. The number of anilines is 1. The summed E-state index contributed by atoms with van der Waals surface area (Å²) in [5.41, 5.74) is 1.59. The third-order valence-corrected chi connectivity index (χ3v) is 4.27. The molecule has 1 fully saturated rings. The van der Waals surface area contributed by atoms with Crippen LogP contribution in [-0.4, -0.2) is 75.3 Å². The second-order valence-corrected chi connectivity index (χ2v) is 5.97. The molecule has 0 aromatic heterocycles. The number of carbonyl (C=O) groups is 2. The Kier molecular flexibility index (Phi) is 5.25. The van der Waals surface area contributed by atoms with Crippen LogP contribution >= 0.6 is 0 Å². The first-order chi connectivity index (χ1) is 12.1. The Morgan fingerprint density at radius 2 is 2.04 bits per heavy atom. The van der Waals surface area contributed by atoms with Gasteiger partial charge in [0.2, 0.25) is 0 Å². The molecule has 2 aliphatic rings. The number of morpholine rings is 1. The molecule has 1 N–H and O–H groups in total. The topological polar surface area (TPSA) is 89.8 Å². The molecule has 0 atom stereocenters. The zero-order valence-corrected chi connectivity index (χ0v) is 14.4. The predicted octanol–water partition coefficient (Wildman–Crippen LogP) is 1.25. The van der Waals surface area contributed by atoms with Crippen molar-refractivity contribution < 1.29 is 14.3 Å². The second kappa shape index (κ2) is 7.58. The van der Waals surface area contributed by atoms with Gasteiger partial charge in [-0.15, -0.1) is 5.11 Å². The first kappa shape index (κ1) is 17.3. The number of hydrogen-bond donors (Lipinski definition) is 1. The van der Waals surface area contributed by atoms with E-state index < -0.39 is 0 Å². The number of rotatable bonds is 4. The summed E-state index contributed by atoms with van der Waals surface area (Å²) in [5.74, 6) is -0.169. The highest BCUT2D eigenvalue weighted by Crippen LogP contribution is 2.32. The van der Waals surface area contributed by atoms with Gasteiger partial charge >= 0.3 is 6.03 Å². The Morgan fingerprint density at radius 3 is 2.80 bits per heavy atom. The van der Waals surface area contributed by atoms with E-state index in [0.717, 1.165) is 37.9 Å². The maximum absolute atomic E-state index is 12.4. The number of benzene rings is 1. The lowest BCUT2D eigenvalue weighted by atomic mass is 10.1. The monoisotopic (exact) mass is 346 g/mol. The summed E-state index contributed by atoms with van der Waals surface area (Å²) < 4.78 is 5.30. The summed E-state index contributed by atoms with van der Waals surface area (Å²) in [4.78, 5) is 28.1. The van der Waals surface area contributed by atoms with Crippen LogP contribution in [0, 0.1) is 0 Å². The molecule has 9 heteroatoms. The van der Waals surface area contributed by atoms with Crippen LogP contribution in [0.2, 0.25) is 0 Å². The minimum Gasteiger partial charge on any atom is -0.379 e. The van der Waals surface area contributed by atoms with Crippen molar-refractivity contribution >= 4 is 23.3 Å². The van der Waals surface area contributed by atoms with Gasteiger partial charge in [0.05, 0.1) is 18.9 Å². The largest absolute Gasteiger partial charge is 0.379 e. The molecule has 1 aromatic rings. The van der Waals surface area contributed by atoms with Crippen LogP contribution in [0.3, 0.4) is 0 Å². The van der Waals surface area contributed by atoms with E-state index in [-0.39, 0.29) is 11.9 Å². The van der Waals surface area contributed by atoms with Gasteiger partial charge in [-0.25, -0.2) is 4.79 Å². The summed E-state index contributed by atoms with van der Waals surface area (Å²) in [7, 11) is 3.18. The van der Waals surface area contributed by atoms with Crippen LogP contribution in [0.15, 0.2) is 28.5 Å². The number of carbonyl (C=O) groups excluding carboxylic acids is 2. The van der Waals surface area contributed by atoms with E-state index in [9.17, 15) is 9.59 Å². The summed E-state index contributed by atoms with van der Waals surface area (Å²) in [6.07, 6.45) is 0. The van der Waals surface area contributed by atoms with Gasteiger partial charge < -0.3 is 10.1 Å². The number of hydrogen-bond acceptors (Lipinski definition) is 6. The molecule has 1 saturated heterocycles. The molecule has 0 bridgehead atoms. The van der Waals surface area contributed by atoms with E-state index in [2.05, 4.69) is 20.6 Å². The van der Waals surface area contributed by atoms with Gasteiger partial charge in [-0.3, -0.25) is 14.6 Å². The number of nitrogens with one attached hydrogen (secondary N) is 1. The van der Waals surface area contributed by atoms with Crippen molar-refractivity contribution in [3.05, 3.63) is 23.8 Å². The van der Waals surface area contributed by atoms with E-state index >= 15 is 0 Å². The first-order valence-corrected chi connectivity index (χ1v) is 8.21. The molecule has 0 saturated carbocycles. The predicted molar refractivity (Wildman–Crippen MR) is 92.1 cm³/mol. The zero-order chi connectivity index (χ0) is 17.8. The lowest BCUT2D eigenvalue weighted by Gasteiger charge is -2.26. The third-order valence-electron chi connectivity index (χ3n) is 4.27. The summed E-state index contributed by atoms with van der Waals surface area (Å²) in [6.45, 7) is 4.63. The van der Waals surface area contributed by atoms with Gasteiger partial charge in [0, 0.05) is 45.8 Å². The Balaban J connectivity index is 1.64. The van der Waals surface area contributed by atoms with Crippen LogP contribution in [-0.2, 0) is 4.74 Å². The van der Waals surface area contributed by atoms with E-state index in [1.54, 1.807) is 25.2 Å². The highest BCUT2D eigenvalue weighted by Gasteiger charge is 2.22. The van der Waals surface area contributed by atoms with Crippen molar-refractivity contribution in [2.45, 2.75) is 0 Å². The molecule has 25 heavy (non-hydrogen) atoms. The molecule has 0 aliphatic carbocycles. The summed E-state index contributed by atoms with van der Waals surface area (Å²) in [5, 5.41) is 12.0. The van der Waals surface area contributed by atoms with Gasteiger partial charge in [-0.2, -0.15) is 5.01 Å². The second-order valence-electron chi connectivity index (χ2n) is 5.97. The van der Waals surface area contributed by atoms with Gasteiger partial charge in [0.25, 0.3) is 5.91 Å². The van der Waals surface area contributed by atoms with Crippen molar-refractivity contribution in [3.8, 4) is 0 Å². The van der Waals surface area contributed by atoms with Crippen molar-refractivity contribution in [2.75, 3.05) is 58.4 Å². The fourth-order valence-electron chi connectivity index (χ4n) is 2.76.